The third-order valence-corrected chi connectivity index (χ3v) is 2.99. The molecular formula is C10H16N4O. The molecule has 1 fully saturated rings. The summed E-state index contributed by atoms with van der Waals surface area (Å²) in [5, 5.41) is 3.25. The van der Waals surface area contributed by atoms with Gasteiger partial charge < -0.3 is 16.0 Å². The van der Waals surface area contributed by atoms with Crippen LogP contribution in [0.15, 0.2) is 17.2 Å². The van der Waals surface area contributed by atoms with Gasteiger partial charge in [0.15, 0.2) is 0 Å². The van der Waals surface area contributed by atoms with Gasteiger partial charge >= 0.3 is 0 Å². The molecule has 1 aliphatic carbocycles. The minimum Gasteiger partial charge on any atom is -0.363 e. The van der Waals surface area contributed by atoms with E-state index in [1.165, 1.54) is 25.2 Å². The van der Waals surface area contributed by atoms with E-state index in [1.807, 2.05) is 0 Å². The highest BCUT2D eigenvalue weighted by atomic mass is 16.1. The lowest BCUT2D eigenvalue weighted by molar-refractivity contribution is 0.457. The van der Waals surface area contributed by atoms with Gasteiger partial charge in [-0.2, -0.15) is 0 Å². The van der Waals surface area contributed by atoms with Gasteiger partial charge in [-0.1, -0.05) is 0 Å². The number of aromatic amines is 1. The summed E-state index contributed by atoms with van der Waals surface area (Å²) in [6.07, 6.45) is 3.79. The first-order valence-electron chi connectivity index (χ1n) is 5.17. The first-order valence-corrected chi connectivity index (χ1v) is 5.17. The topological polar surface area (TPSA) is 83.8 Å². The Morgan fingerprint density at radius 3 is 3.00 bits per heavy atom. The molecule has 15 heavy (non-hydrogen) atoms. The van der Waals surface area contributed by atoms with E-state index in [0.717, 1.165) is 0 Å². The molecule has 1 heterocycles. The summed E-state index contributed by atoms with van der Waals surface area (Å²) in [6, 6.07) is 1.45. The average molecular weight is 208 g/mol. The Kier molecular flexibility index (Phi) is 2.48. The van der Waals surface area contributed by atoms with Crippen molar-refractivity contribution in [3.63, 3.8) is 0 Å². The molecule has 1 atom stereocenters. The van der Waals surface area contributed by atoms with Crippen molar-refractivity contribution in [3.8, 4) is 0 Å². The molecule has 0 aliphatic heterocycles. The van der Waals surface area contributed by atoms with Gasteiger partial charge in [-0.3, -0.25) is 4.79 Å². The summed E-state index contributed by atoms with van der Waals surface area (Å²) in [7, 11) is 0. The maximum Gasteiger partial charge on any atom is 0.252 e. The van der Waals surface area contributed by atoms with E-state index in [-0.39, 0.29) is 11.1 Å². The zero-order chi connectivity index (χ0) is 10.9. The van der Waals surface area contributed by atoms with Crippen LogP contribution in [0.1, 0.15) is 19.8 Å². The lowest BCUT2D eigenvalue weighted by Gasteiger charge is -2.29. The van der Waals surface area contributed by atoms with Crippen molar-refractivity contribution in [3.05, 3.63) is 22.7 Å². The molecule has 82 valence electrons. The molecule has 0 spiro atoms. The average Bonchev–Trinajstić information content (AvgIpc) is 3.01. The van der Waals surface area contributed by atoms with Crippen molar-refractivity contribution in [2.24, 2.45) is 11.7 Å². The first kappa shape index (κ1) is 10.2. The van der Waals surface area contributed by atoms with Gasteiger partial charge in [0.05, 0.1) is 11.9 Å². The standard InChI is InChI=1S/C10H16N4O/c1-10(5-11,7-2-3-7)14-8-4-9(15)13-6-12-8/h4,6-7H,2-3,5,11H2,1H3,(H2,12,13,14,15). The fraction of sp³-hybridized carbons (Fsp3) is 0.600. The van der Waals surface area contributed by atoms with E-state index in [9.17, 15) is 4.79 Å². The summed E-state index contributed by atoms with van der Waals surface area (Å²) in [5.74, 6) is 1.20. The van der Waals surface area contributed by atoms with Crippen LogP contribution in [-0.4, -0.2) is 22.1 Å². The van der Waals surface area contributed by atoms with Crippen LogP contribution in [0.4, 0.5) is 5.82 Å². The highest BCUT2D eigenvalue weighted by Gasteiger charge is 2.40. The maximum absolute atomic E-state index is 11.1. The fourth-order valence-electron chi connectivity index (χ4n) is 1.77. The van der Waals surface area contributed by atoms with Crippen LogP contribution in [0.2, 0.25) is 0 Å². The number of nitrogens with two attached hydrogens (primary N) is 1. The van der Waals surface area contributed by atoms with Gasteiger partial charge in [0, 0.05) is 12.6 Å². The van der Waals surface area contributed by atoms with Crippen molar-refractivity contribution in [1.82, 2.24) is 9.97 Å². The van der Waals surface area contributed by atoms with E-state index in [4.69, 9.17) is 5.73 Å². The predicted octanol–water partition coefficient (Wildman–Crippen LogP) is 0.309. The molecule has 0 bridgehead atoms. The molecule has 0 amide bonds. The molecule has 0 aromatic carbocycles. The normalized spacial score (nSPS) is 19.6. The smallest absolute Gasteiger partial charge is 0.252 e. The molecule has 1 aliphatic rings. The molecule has 4 N–H and O–H groups in total. The van der Waals surface area contributed by atoms with Crippen molar-refractivity contribution in [2.45, 2.75) is 25.3 Å². The van der Waals surface area contributed by atoms with E-state index in [0.29, 0.717) is 18.3 Å². The monoisotopic (exact) mass is 208 g/mol. The number of rotatable bonds is 4. The van der Waals surface area contributed by atoms with E-state index in [2.05, 4.69) is 22.2 Å². The third kappa shape index (κ3) is 2.18. The lowest BCUT2D eigenvalue weighted by atomic mass is 9.96. The van der Waals surface area contributed by atoms with Gasteiger partial charge in [-0.25, -0.2) is 4.98 Å². The fourth-order valence-corrected chi connectivity index (χ4v) is 1.77. The van der Waals surface area contributed by atoms with Crippen LogP contribution in [-0.2, 0) is 0 Å². The minimum absolute atomic E-state index is 0.138. The Hall–Kier alpha value is -1.36. The molecule has 5 heteroatoms. The Morgan fingerprint density at radius 1 is 1.73 bits per heavy atom. The lowest BCUT2D eigenvalue weighted by Crippen LogP contribution is -2.45. The third-order valence-electron chi connectivity index (χ3n) is 2.99. The van der Waals surface area contributed by atoms with Gasteiger partial charge in [-0.05, 0) is 25.7 Å². The summed E-state index contributed by atoms with van der Waals surface area (Å²) in [6.45, 7) is 2.62. The quantitative estimate of drug-likeness (QED) is 0.665. The maximum atomic E-state index is 11.1. The van der Waals surface area contributed by atoms with Crippen LogP contribution >= 0.6 is 0 Å². The summed E-state index contributed by atoms with van der Waals surface area (Å²) >= 11 is 0. The van der Waals surface area contributed by atoms with Crippen molar-refractivity contribution in [1.29, 1.82) is 0 Å². The molecule has 1 unspecified atom stereocenters. The zero-order valence-corrected chi connectivity index (χ0v) is 8.79. The highest BCUT2D eigenvalue weighted by molar-refractivity contribution is 5.36. The number of hydrogen-bond acceptors (Lipinski definition) is 4. The zero-order valence-electron chi connectivity index (χ0n) is 8.79. The van der Waals surface area contributed by atoms with E-state index in [1.54, 1.807) is 0 Å². The number of nitrogens with one attached hydrogen (secondary N) is 2. The molecule has 1 saturated carbocycles. The number of nitrogens with zero attached hydrogens (tertiary/aromatic N) is 1. The predicted molar refractivity (Wildman–Crippen MR) is 58.7 cm³/mol. The van der Waals surface area contributed by atoms with Crippen molar-refractivity contribution >= 4 is 5.82 Å². The van der Waals surface area contributed by atoms with Crippen LogP contribution in [0.5, 0.6) is 0 Å². The van der Waals surface area contributed by atoms with Gasteiger partial charge in [-0.15, -0.1) is 0 Å². The van der Waals surface area contributed by atoms with E-state index < -0.39 is 0 Å². The largest absolute Gasteiger partial charge is 0.363 e. The minimum atomic E-state index is -0.150. The molecule has 2 rings (SSSR count). The molecule has 0 radical (unpaired) electrons. The second-order valence-corrected chi connectivity index (χ2v) is 4.32. The second kappa shape index (κ2) is 3.66. The van der Waals surface area contributed by atoms with Crippen LogP contribution in [0, 0.1) is 5.92 Å². The molecular weight excluding hydrogens is 192 g/mol. The molecule has 1 aromatic rings. The van der Waals surface area contributed by atoms with Gasteiger partial charge in [0.2, 0.25) is 0 Å². The Labute approximate surface area is 88.1 Å². The number of anilines is 1. The molecule has 0 saturated heterocycles. The summed E-state index contributed by atoms with van der Waals surface area (Å²) in [5.41, 5.74) is 5.47. The molecule has 5 nitrogen and oxygen atoms in total. The van der Waals surface area contributed by atoms with Crippen LogP contribution in [0.3, 0.4) is 0 Å². The van der Waals surface area contributed by atoms with Gasteiger partial charge in [0.25, 0.3) is 5.56 Å². The van der Waals surface area contributed by atoms with Crippen molar-refractivity contribution < 1.29 is 0 Å². The van der Waals surface area contributed by atoms with Crippen LogP contribution < -0.4 is 16.6 Å². The SMILES string of the molecule is CC(CN)(Nc1cc(=O)[nH]cn1)C1CC1. The Morgan fingerprint density at radius 2 is 2.47 bits per heavy atom. The first-order chi connectivity index (χ1) is 7.14. The number of hydrogen-bond donors (Lipinski definition) is 3. The molecule has 1 aromatic heterocycles. The Balaban J connectivity index is 2.15. The summed E-state index contributed by atoms with van der Waals surface area (Å²) < 4.78 is 0. The number of aromatic nitrogens is 2. The van der Waals surface area contributed by atoms with Crippen LogP contribution in [0.25, 0.3) is 0 Å². The van der Waals surface area contributed by atoms with Crippen molar-refractivity contribution in [2.75, 3.05) is 11.9 Å². The van der Waals surface area contributed by atoms with E-state index >= 15 is 0 Å². The highest BCUT2D eigenvalue weighted by Crippen LogP contribution is 2.40. The number of H-pyrrole nitrogens is 1. The summed E-state index contributed by atoms with van der Waals surface area (Å²) in [4.78, 5) is 17.6. The second-order valence-electron chi connectivity index (χ2n) is 4.32. The Bertz CT molecular complexity index is 398. The van der Waals surface area contributed by atoms with Gasteiger partial charge in [0.1, 0.15) is 5.82 Å².